The number of hydrogen-bond acceptors (Lipinski definition) is 6. The van der Waals surface area contributed by atoms with Gasteiger partial charge >= 0.3 is 0 Å². The van der Waals surface area contributed by atoms with Gasteiger partial charge in [0, 0.05) is 5.69 Å². The summed E-state index contributed by atoms with van der Waals surface area (Å²) in [5.74, 6) is 1.84. The molecule has 1 atom stereocenters. The monoisotopic (exact) mass is 411 g/mol. The fraction of sp³-hybridized carbons (Fsp3) is 0.381. The van der Waals surface area contributed by atoms with Crippen molar-refractivity contribution in [1.29, 1.82) is 0 Å². The van der Waals surface area contributed by atoms with Gasteiger partial charge in [-0.15, -0.1) is 10.2 Å². The Kier molecular flexibility index (Phi) is 6.31. The van der Waals surface area contributed by atoms with Crippen LogP contribution in [0.25, 0.3) is 5.69 Å². The first-order valence-electron chi connectivity index (χ1n) is 9.88. The minimum Gasteiger partial charge on any atom is -0.467 e. The van der Waals surface area contributed by atoms with Gasteiger partial charge < -0.3 is 9.73 Å². The molecule has 152 valence electrons. The van der Waals surface area contributed by atoms with Crippen molar-refractivity contribution in [1.82, 2.24) is 25.0 Å². The largest absolute Gasteiger partial charge is 0.467 e. The third-order valence-corrected chi connectivity index (χ3v) is 5.89. The number of benzene rings is 1. The lowest BCUT2D eigenvalue weighted by Gasteiger charge is -2.16. The zero-order chi connectivity index (χ0) is 20.1. The first-order chi connectivity index (χ1) is 14.2. The lowest BCUT2D eigenvalue weighted by Crippen LogP contribution is -2.28. The van der Waals surface area contributed by atoms with Crippen LogP contribution < -0.4 is 5.32 Å². The molecule has 0 unspecified atom stereocenters. The van der Waals surface area contributed by atoms with Crippen molar-refractivity contribution in [2.24, 2.45) is 0 Å². The number of carbonyl (C=O) groups excluding carboxylic acids is 1. The summed E-state index contributed by atoms with van der Waals surface area (Å²) in [7, 11) is 0. The lowest BCUT2D eigenvalue weighted by molar-refractivity contribution is -0.119. The van der Waals surface area contributed by atoms with Crippen LogP contribution in [0.3, 0.4) is 0 Å². The third-order valence-electron chi connectivity index (χ3n) is 4.96. The van der Waals surface area contributed by atoms with E-state index >= 15 is 0 Å². The quantitative estimate of drug-likeness (QED) is 0.573. The number of aromatic nitrogens is 3. The maximum Gasteiger partial charge on any atom is 0.231 e. The van der Waals surface area contributed by atoms with Crippen molar-refractivity contribution >= 4 is 17.7 Å². The molecule has 3 heterocycles. The van der Waals surface area contributed by atoms with E-state index in [4.69, 9.17) is 4.42 Å². The maximum absolute atomic E-state index is 12.4. The Morgan fingerprint density at radius 2 is 1.97 bits per heavy atom. The number of hydrogen-bond donors (Lipinski definition) is 1. The van der Waals surface area contributed by atoms with Crippen LogP contribution in [0, 0.1) is 0 Å². The topological polar surface area (TPSA) is 76.2 Å². The fourth-order valence-corrected chi connectivity index (χ4v) is 4.28. The molecule has 1 amide bonds. The summed E-state index contributed by atoms with van der Waals surface area (Å²) in [6, 6.07) is 13.6. The summed E-state index contributed by atoms with van der Waals surface area (Å²) in [4.78, 5) is 14.8. The zero-order valence-corrected chi connectivity index (χ0v) is 17.3. The van der Waals surface area contributed by atoms with E-state index in [2.05, 4.69) is 25.0 Å². The van der Waals surface area contributed by atoms with E-state index in [0.29, 0.717) is 0 Å². The molecule has 1 saturated heterocycles. The summed E-state index contributed by atoms with van der Waals surface area (Å²) >= 11 is 1.40. The van der Waals surface area contributed by atoms with Crippen molar-refractivity contribution < 1.29 is 9.21 Å². The zero-order valence-electron chi connectivity index (χ0n) is 16.5. The van der Waals surface area contributed by atoms with E-state index in [1.165, 1.54) is 24.6 Å². The van der Waals surface area contributed by atoms with Gasteiger partial charge in [-0.3, -0.25) is 14.3 Å². The van der Waals surface area contributed by atoms with Gasteiger partial charge in [-0.05, 0) is 57.1 Å². The second kappa shape index (κ2) is 9.28. The number of amides is 1. The highest BCUT2D eigenvalue weighted by molar-refractivity contribution is 7.99. The molecule has 2 aromatic heterocycles. The minimum atomic E-state index is -0.171. The molecule has 4 rings (SSSR count). The third kappa shape index (κ3) is 4.89. The molecule has 1 fully saturated rings. The predicted molar refractivity (Wildman–Crippen MR) is 112 cm³/mol. The predicted octanol–water partition coefficient (Wildman–Crippen LogP) is 3.43. The second-order valence-electron chi connectivity index (χ2n) is 7.15. The molecule has 0 aliphatic carbocycles. The first kappa shape index (κ1) is 19.7. The summed E-state index contributed by atoms with van der Waals surface area (Å²) in [5, 5.41) is 12.5. The van der Waals surface area contributed by atoms with Gasteiger partial charge in [0.2, 0.25) is 5.91 Å². The number of likely N-dealkylation sites (tertiary alicyclic amines) is 1. The molecule has 1 aliphatic heterocycles. The summed E-state index contributed by atoms with van der Waals surface area (Å²) in [6.07, 6.45) is 4.07. The molecule has 7 nitrogen and oxygen atoms in total. The summed E-state index contributed by atoms with van der Waals surface area (Å²) in [6.45, 7) is 4.86. The lowest BCUT2D eigenvalue weighted by atomic mass is 10.2. The normalized spacial score (nSPS) is 15.5. The Bertz CT molecular complexity index is 920. The van der Waals surface area contributed by atoms with Crippen molar-refractivity contribution in [3.05, 3.63) is 60.3 Å². The molecule has 0 radical (unpaired) electrons. The number of para-hydroxylation sites is 1. The van der Waals surface area contributed by atoms with Crippen LogP contribution >= 0.6 is 11.8 Å². The van der Waals surface area contributed by atoms with E-state index in [1.54, 1.807) is 6.26 Å². The highest BCUT2D eigenvalue weighted by Gasteiger charge is 2.20. The Hall–Kier alpha value is -2.58. The molecule has 8 heteroatoms. The minimum absolute atomic E-state index is 0.0670. The SMILES string of the molecule is C[C@H](NC(=O)CSc1nnc(CN2CCCC2)n1-c1ccccc1)c1ccco1. The Labute approximate surface area is 174 Å². The Morgan fingerprint density at radius 3 is 2.69 bits per heavy atom. The first-order valence-corrected chi connectivity index (χ1v) is 10.9. The van der Waals surface area contributed by atoms with Crippen LogP contribution in [0.2, 0.25) is 0 Å². The molecular formula is C21H25N5O2S. The average molecular weight is 412 g/mol. The molecule has 29 heavy (non-hydrogen) atoms. The summed E-state index contributed by atoms with van der Waals surface area (Å²) in [5.41, 5.74) is 1.01. The number of rotatable bonds is 8. The van der Waals surface area contributed by atoms with Crippen LogP contribution in [0.5, 0.6) is 0 Å². The van der Waals surface area contributed by atoms with Crippen LogP contribution in [0.15, 0.2) is 58.3 Å². The highest BCUT2D eigenvalue weighted by atomic mass is 32.2. The van der Waals surface area contributed by atoms with E-state index in [9.17, 15) is 4.79 Å². The van der Waals surface area contributed by atoms with Crippen molar-refractivity contribution in [3.8, 4) is 5.69 Å². The second-order valence-corrected chi connectivity index (χ2v) is 8.09. The molecule has 1 N–H and O–H groups in total. The van der Waals surface area contributed by atoms with Crippen LogP contribution in [0.4, 0.5) is 0 Å². The molecular weight excluding hydrogens is 386 g/mol. The smallest absolute Gasteiger partial charge is 0.231 e. The Balaban J connectivity index is 1.46. The molecule has 0 spiro atoms. The van der Waals surface area contributed by atoms with Gasteiger partial charge in [0.05, 0.1) is 24.6 Å². The Morgan fingerprint density at radius 1 is 1.17 bits per heavy atom. The molecule has 1 aromatic carbocycles. The number of furan rings is 1. The van der Waals surface area contributed by atoms with Gasteiger partial charge in [0.1, 0.15) is 5.76 Å². The molecule has 0 bridgehead atoms. The van der Waals surface area contributed by atoms with Gasteiger partial charge in [-0.1, -0.05) is 30.0 Å². The van der Waals surface area contributed by atoms with Crippen molar-refractivity contribution in [2.45, 2.75) is 37.5 Å². The van der Waals surface area contributed by atoms with Crippen LogP contribution in [-0.4, -0.2) is 44.4 Å². The fourth-order valence-electron chi connectivity index (χ4n) is 3.50. The van der Waals surface area contributed by atoms with Gasteiger partial charge in [0.25, 0.3) is 0 Å². The number of nitrogens with one attached hydrogen (secondary N) is 1. The van der Waals surface area contributed by atoms with Crippen LogP contribution in [-0.2, 0) is 11.3 Å². The number of carbonyl (C=O) groups is 1. The number of thioether (sulfide) groups is 1. The van der Waals surface area contributed by atoms with Gasteiger partial charge in [-0.25, -0.2) is 0 Å². The standard InChI is InChI=1S/C21H25N5O2S/c1-16(18-10-7-13-28-18)22-20(27)15-29-21-24-23-19(14-25-11-5-6-12-25)26(21)17-8-3-2-4-9-17/h2-4,7-10,13,16H,5-6,11-12,14-15H2,1H3,(H,22,27)/t16-/m0/s1. The van der Waals surface area contributed by atoms with Gasteiger partial charge in [-0.2, -0.15) is 0 Å². The van der Waals surface area contributed by atoms with E-state index in [1.807, 2.05) is 49.4 Å². The van der Waals surface area contributed by atoms with Gasteiger partial charge in [0.15, 0.2) is 11.0 Å². The molecule has 0 saturated carbocycles. The highest BCUT2D eigenvalue weighted by Crippen LogP contribution is 2.24. The molecule has 1 aliphatic rings. The molecule has 3 aromatic rings. The average Bonchev–Trinajstić information content (AvgIpc) is 3.50. The van der Waals surface area contributed by atoms with E-state index in [0.717, 1.165) is 42.1 Å². The maximum atomic E-state index is 12.4. The van der Waals surface area contributed by atoms with Crippen LogP contribution in [0.1, 0.15) is 37.4 Å². The summed E-state index contributed by atoms with van der Waals surface area (Å²) < 4.78 is 7.41. The van der Waals surface area contributed by atoms with Crippen molar-refractivity contribution in [2.75, 3.05) is 18.8 Å². The number of nitrogens with zero attached hydrogens (tertiary/aromatic N) is 4. The van der Waals surface area contributed by atoms with E-state index in [-0.39, 0.29) is 17.7 Å². The van der Waals surface area contributed by atoms with Crippen molar-refractivity contribution in [3.63, 3.8) is 0 Å². The van der Waals surface area contributed by atoms with E-state index < -0.39 is 0 Å².